The molecule has 1 heterocycles. The molecule has 3 rings (SSSR count). The predicted molar refractivity (Wildman–Crippen MR) is 143 cm³/mol. The maximum absolute atomic E-state index is 13.3. The molecule has 2 N–H and O–H groups in total. The summed E-state index contributed by atoms with van der Waals surface area (Å²) in [5.41, 5.74) is 0.660. The minimum atomic E-state index is -3.26. The van der Waals surface area contributed by atoms with Gasteiger partial charge < -0.3 is 20.1 Å². The van der Waals surface area contributed by atoms with E-state index in [0.717, 1.165) is 16.7 Å². The molecule has 1 atom stereocenters. The fourth-order valence-electron chi connectivity index (χ4n) is 4.14. The van der Waals surface area contributed by atoms with Crippen molar-refractivity contribution in [2.75, 3.05) is 19.0 Å². The molecule has 0 spiro atoms. The van der Waals surface area contributed by atoms with Gasteiger partial charge in [0.05, 0.1) is 16.7 Å². The van der Waals surface area contributed by atoms with E-state index >= 15 is 0 Å². The molecule has 2 aromatic carbocycles. The Hall–Kier alpha value is -3.42. The van der Waals surface area contributed by atoms with E-state index in [1.54, 1.807) is 52.0 Å². The molecule has 0 aliphatic carbocycles. The van der Waals surface area contributed by atoms with E-state index in [2.05, 4.69) is 16.7 Å². The van der Waals surface area contributed by atoms with Crippen LogP contribution in [0.25, 0.3) is 11.1 Å². The Morgan fingerprint density at radius 2 is 1.61 bits per heavy atom. The summed E-state index contributed by atoms with van der Waals surface area (Å²) in [6, 6.07) is 15.6. The molecular weight excluding hydrogens is 506 g/mol. The largest absolute Gasteiger partial charge is 0.444 e. The lowest BCUT2D eigenvalue weighted by Gasteiger charge is -2.37. The van der Waals surface area contributed by atoms with Gasteiger partial charge in [0, 0.05) is 32.5 Å². The summed E-state index contributed by atoms with van der Waals surface area (Å²) >= 11 is 0. The lowest BCUT2D eigenvalue weighted by atomic mass is 9.88. The molecule has 10 heteroatoms. The van der Waals surface area contributed by atoms with Crippen LogP contribution < -0.4 is 10.6 Å². The molecule has 0 radical (unpaired) electrons. The minimum Gasteiger partial charge on any atom is -0.444 e. The van der Waals surface area contributed by atoms with E-state index in [4.69, 9.17) is 9.47 Å². The number of nitrogens with zero attached hydrogens (tertiary/aromatic N) is 1. The maximum Gasteiger partial charge on any atom is 0.408 e. The van der Waals surface area contributed by atoms with Crippen LogP contribution in [0.4, 0.5) is 4.79 Å². The molecule has 1 fully saturated rings. The van der Waals surface area contributed by atoms with Gasteiger partial charge in [-0.05, 0) is 49.6 Å². The number of hydrogen-bond donors (Lipinski definition) is 2. The molecule has 1 aliphatic heterocycles. The second kappa shape index (κ2) is 12.0. The van der Waals surface area contributed by atoms with Crippen molar-refractivity contribution in [3.8, 4) is 17.2 Å². The van der Waals surface area contributed by atoms with Crippen molar-refractivity contribution >= 4 is 21.8 Å². The van der Waals surface area contributed by atoms with Gasteiger partial charge in [0.15, 0.2) is 9.84 Å². The van der Waals surface area contributed by atoms with Gasteiger partial charge in [0.2, 0.25) is 5.91 Å². The molecule has 0 saturated carbocycles. The number of hydrogen-bond acceptors (Lipinski definition) is 7. The van der Waals surface area contributed by atoms with E-state index in [-0.39, 0.29) is 29.9 Å². The van der Waals surface area contributed by atoms with Crippen molar-refractivity contribution in [1.29, 1.82) is 5.26 Å². The van der Waals surface area contributed by atoms with E-state index in [0.29, 0.717) is 13.2 Å². The number of amides is 2. The normalized spacial score (nSPS) is 16.1. The molecule has 2 amide bonds. The van der Waals surface area contributed by atoms with Crippen molar-refractivity contribution in [2.24, 2.45) is 0 Å². The van der Waals surface area contributed by atoms with Gasteiger partial charge in [0.25, 0.3) is 0 Å². The summed E-state index contributed by atoms with van der Waals surface area (Å²) in [7, 11) is -3.26. The number of sulfone groups is 1. The summed E-state index contributed by atoms with van der Waals surface area (Å²) < 4.78 is 34.8. The Morgan fingerprint density at radius 3 is 2.11 bits per heavy atom. The molecule has 0 bridgehead atoms. The topological polar surface area (TPSA) is 135 Å². The number of carbonyl (C=O) groups is 2. The third-order valence-corrected chi connectivity index (χ3v) is 8.05. The molecule has 1 unspecified atom stereocenters. The van der Waals surface area contributed by atoms with Crippen LogP contribution in [0.2, 0.25) is 0 Å². The second-order valence-electron chi connectivity index (χ2n) is 10.3. The van der Waals surface area contributed by atoms with Crippen LogP contribution in [0.1, 0.15) is 46.1 Å². The Morgan fingerprint density at radius 1 is 1.05 bits per heavy atom. The summed E-state index contributed by atoms with van der Waals surface area (Å²) in [5.74, 6) is -0.402. The quantitative estimate of drug-likeness (QED) is 0.519. The summed E-state index contributed by atoms with van der Waals surface area (Å²) in [5, 5.41) is 15.3. The lowest BCUT2D eigenvalue weighted by molar-refractivity contribution is -0.132. The zero-order chi connectivity index (χ0) is 28.0. The van der Waals surface area contributed by atoms with Crippen LogP contribution in [0, 0.1) is 11.3 Å². The van der Waals surface area contributed by atoms with E-state index in [9.17, 15) is 23.3 Å². The van der Waals surface area contributed by atoms with Gasteiger partial charge >= 0.3 is 6.09 Å². The molecule has 9 nitrogen and oxygen atoms in total. The summed E-state index contributed by atoms with van der Waals surface area (Å²) in [6.45, 7) is 7.44. The van der Waals surface area contributed by atoms with E-state index in [1.807, 2.05) is 24.3 Å². The summed E-state index contributed by atoms with van der Waals surface area (Å²) in [6.07, 6.45) is 0.112. The Kier molecular flexibility index (Phi) is 9.18. The SMILES string of the molecule is CCS(=O)(=O)c1ccc(-c2ccc(CC(C#N)NC(=O)C3(NC(=O)OC(C)(C)C)CCOCC3)cc2)cc1. The highest BCUT2D eigenvalue weighted by Gasteiger charge is 2.43. The second-order valence-corrected chi connectivity index (χ2v) is 12.6. The number of carbonyl (C=O) groups excluding carboxylic acids is 2. The maximum atomic E-state index is 13.3. The van der Waals surface area contributed by atoms with Gasteiger partial charge in [-0.1, -0.05) is 43.3 Å². The van der Waals surface area contributed by atoms with Crippen LogP contribution in [-0.4, -0.2) is 56.6 Å². The first kappa shape index (κ1) is 29.1. The molecule has 2 aromatic rings. The molecule has 0 aromatic heterocycles. The van der Waals surface area contributed by atoms with Crippen molar-refractivity contribution < 1.29 is 27.5 Å². The first-order valence-electron chi connectivity index (χ1n) is 12.6. The van der Waals surface area contributed by atoms with E-state index in [1.165, 1.54) is 0 Å². The third kappa shape index (κ3) is 7.55. The highest BCUT2D eigenvalue weighted by atomic mass is 32.2. The number of nitriles is 1. The fourth-order valence-corrected chi connectivity index (χ4v) is 5.03. The van der Waals surface area contributed by atoms with Gasteiger partial charge in [-0.3, -0.25) is 4.79 Å². The first-order valence-corrected chi connectivity index (χ1v) is 14.2. The Balaban J connectivity index is 1.68. The minimum absolute atomic E-state index is 0.0452. The average Bonchev–Trinajstić information content (AvgIpc) is 2.88. The van der Waals surface area contributed by atoms with Crippen molar-refractivity contribution in [3.05, 3.63) is 54.1 Å². The number of rotatable bonds is 8. The van der Waals surface area contributed by atoms with Gasteiger partial charge in [-0.15, -0.1) is 0 Å². The Labute approximate surface area is 224 Å². The highest BCUT2D eigenvalue weighted by Crippen LogP contribution is 2.24. The fraction of sp³-hybridized carbons (Fsp3) is 0.464. The van der Waals surface area contributed by atoms with Gasteiger partial charge in [-0.25, -0.2) is 13.2 Å². The number of nitrogens with one attached hydrogen (secondary N) is 2. The van der Waals surface area contributed by atoms with Crippen LogP contribution in [0.15, 0.2) is 53.4 Å². The lowest BCUT2D eigenvalue weighted by Crippen LogP contribution is -2.63. The average molecular weight is 542 g/mol. The highest BCUT2D eigenvalue weighted by molar-refractivity contribution is 7.91. The molecule has 38 heavy (non-hydrogen) atoms. The van der Waals surface area contributed by atoms with Gasteiger partial charge in [-0.2, -0.15) is 5.26 Å². The van der Waals surface area contributed by atoms with Crippen LogP contribution in [-0.2, 0) is 30.5 Å². The smallest absolute Gasteiger partial charge is 0.408 e. The zero-order valence-electron chi connectivity index (χ0n) is 22.2. The number of alkyl carbamates (subject to hydrolysis) is 1. The molecular formula is C28H35N3O6S. The third-order valence-electron chi connectivity index (χ3n) is 6.30. The number of benzene rings is 2. The number of ether oxygens (including phenoxy) is 2. The van der Waals surface area contributed by atoms with E-state index < -0.39 is 39.0 Å². The first-order chi connectivity index (χ1) is 17.9. The van der Waals surface area contributed by atoms with Crippen LogP contribution in [0.5, 0.6) is 0 Å². The van der Waals surface area contributed by atoms with Crippen LogP contribution in [0.3, 0.4) is 0 Å². The van der Waals surface area contributed by atoms with Gasteiger partial charge in [0.1, 0.15) is 17.2 Å². The monoisotopic (exact) mass is 541 g/mol. The van der Waals surface area contributed by atoms with Crippen molar-refractivity contribution in [3.63, 3.8) is 0 Å². The van der Waals surface area contributed by atoms with Crippen molar-refractivity contribution in [2.45, 2.75) is 69.0 Å². The summed E-state index contributed by atoms with van der Waals surface area (Å²) in [4.78, 5) is 26.1. The zero-order valence-corrected chi connectivity index (χ0v) is 23.1. The molecule has 1 aliphatic rings. The molecule has 204 valence electrons. The Bertz CT molecular complexity index is 1270. The molecule has 1 saturated heterocycles. The predicted octanol–water partition coefficient (Wildman–Crippen LogP) is 3.77. The standard InChI is InChI=1S/C28H35N3O6S/c1-5-38(34,35)24-12-10-22(11-13-24)21-8-6-20(7-9-21)18-23(19-29)30-25(32)28(14-16-36-17-15-28)31-26(33)37-27(2,3)4/h6-13,23H,5,14-18H2,1-4H3,(H,30,32)(H,31,33). The van der Waals surface area contributed by atoms with Crippen LogP contribution >= 0.6 is 0 Å². The van der Waals surface area contributed by atoms with Crippen molar-refractivity contribution in [1.82, 2.24) is 10.6 Å².